The maximum absolute atomic E-state index is 4.28. The molecule has 0 unspecified atom stereocenters. The van der Waals surface area contributed by atoms with Gasteiger partial charge in [0.05, 0.1) is 0 Å². The maximum Gasteiger partial charge on any atom is 0.0296 e. The van der Waals surface area contributed by atoms with Gasteiger partial charge in [-0.3, -0.25) is 4.99 Å². The molecular weight excluding hydrogens is 134 g/mol. The fourth-order valence-electron chi connectivity index (χ4n) is 0.405. The Morgan fingerprint density at radius 2 is 1.91 bits per heavy atom. The molecule has 0 fully saturated rings. The Morgan fingerprint density at radius 1 is 1.36 bits per heavy atom. The summed E-state index contributed by atoms with van der Waals surface area (Å²) in [6.07, 6.45) is 3.65. The Bertz CT molecular complexity index is 185. The molecule has 0 radical (unpaired) electrons. The van der Waals surface area contributed by atoms with Crippen LogP contribution in [0.25, 0.3) is 0 Å². The van der Waals surface area contributed by atoms with Crippen molar-refractivity contribution in [2.24, 2.45) is 10.9 Å². The summed E-state index contributed by atoms with van der Waals surface area (Å²) in [6.45, 7) is 11.9. The van der Waals surface area contributed by atoms with Crippen LogP contribution in [0, 0.1) is 5.92 Å². The molecule has 0 saturated carbocycles. The van der Waals surface area contributed by atoms with Crippen LogP contribution in [0.5, 0.6) is 0 Å². The molecule has 0 aromatic heterocycles. The van der Waals surface area contributed by atoms with Crippen molar-refractivity contribution in [3.63, 3.8) is 0 Å². The topological polar surface area (TPSA) is 12.4 Å². The molecule has 11 heavy (non-hydrogen) atoms. The van der Waals surface area contributed by atoms with E-state index in [1.54, 1.807) is 6.08 Å². The van der Waals surface area contributed by atoms with Crippen LogP contribution in [-0.4, -0.2) is 5.71 Å². The van der Waals surface area contributed by atoms with Crippen LogP contribution in [0.2, 0.25) is 0 Å². The molecule has 0 aliphatic carbocycles. The summed E-state index contributed by atoms with van der Waals surface area (Å²) in [5.74, 6) is 0.531. The summed E-state index contributed by atoms with van der Waals surface area (Å²) in [6, 6.07) is 0. The van der Waals surface area contributed by atoms with E-state index in [1.807, 2.05) is 20.0 Å². The van der Waals surface area contributed by atoms with Crippen molar-refractivity contribution in [1.82, 2.24) is 0 Å². The molecule has 0 rings (SSSR count). The molecule has 0 spiro atoms. The molecule has 1 nitrogen and oxygen atoms in total. The lowest BCUT2D eigenvalue weighted by Gasteiger charge is -2.00. The van der Waals surface area contributed by atoms with E-state index in [9.17, 15) is 0 Å². The van der Waals surface area contributed by atoms with Gasteiger partial charge in [0.1, 0.15) is 0 Å². The number of hydrogen-bond donors (Lipinski definition) is 0. The number of rotatable bonds is 3. The maximum atomic E-state index is 4.28. The van der Waals surface area contributed by atoms with Crippen LogP contribution in [0.15, 0.2) is 29.4 Å². The second-order valence-electron chi connectivity index (χ2n) is 3.00. The molecular formula is C10H17N. The van der Waals surface area contributed by atoms with E-state index in [1.165, 1.54) is 0 Å². The zero-order valence-electron chi connectivity index (χ0n) is 7.89. The van der Waals surface area contributed by atoms with Crippen molar-refractivity contribution < 1.29 is 0 Å². The molecule has 0 atom stereocenters. The van der Waals surface area contributed by atoms with Gasteiger partial charge in [-0.25, -0.2) is 0 Å². The zero-order valence-corrected chi connectivity index (χ0v) is 7.89. The third kappa shape index (κ3) is 4.54. The predicted octanol–water partition coefficient (Wildman–Crippen LogP) is 3.19. The van der Waals surface area contributed by atoms with Crippen LogP contribution in [-0.2, 0) is 0 Å². The molecule has 0 amide bonds. The second kappa shape index (κ2) is 4.89. The number of aliphatic imine (C=N–C) groups is 1. The van der Waals surface area contributed by atoms with E-state index < -0.39 is 0 Å². The first-order valence-electron chi connectivity index (χ1n) is 3.91. The molecule has 0 bridgehead atoms. The van der Waals surface area contributed by atoms with E-state index in [0.29, 0.717) is 5.92 Å². The average molecular weight is 151 g/mol. The lowest BCUT2D eigenvalue weighted by Crippen LogP contribution is -2.00. The van der Waals surface area contributed by atoms with Crippen LogP contribution in [0.4, 0.5) is 0 Å². The molecule has 1 heteroatoms. The minimum Gasteiger partial charge on any atom is -0.265 e. The van der Waals surface area contributed by atoms with Gasteiger partial charge in [-0.05, 0) is 25.3 Å². The molecule has 62 valence electrons. The van der Waals surface area contributed by atoms with Crippen LogP contribution in [0.3, 0.4) is 0 Å². The first kappa shape index (κ1) is 10.2. The Balaban J connectivity index is 4.22. The van der Waals surface area contributed by atoms with E-state index in [4.69, 9.17) is 0 Å². The Kier molecular flexibility index (Phi) is 4.51. The van der Waals surface area contributed by atoms with E-state index in [0.717, 1.165) is 11.3 Å². The molecule has 0 aromatic carbocycles. The van der Waals surface area contributed by atoms with Gasteiger partial charge in [0.15, 0.2) is 0 Å². The predicted molar refractivity (Wildman–Crippen MR) is 51.9 cm³/mol. The van der Waals surface area contributed by atoms with Crippen LogP contribution >= 0.6 is 0 Å². The lowest BCUT2D eigenvalue weighted by molar-refractivity contribution is 0.878. The average Bonchev–Trinajstić information content (AvgIpc) is 1.99. The SMILES string of the molecule is C=C/C(C)=C\N=C(/C)C(C)C. The summed E-state index contributed by atoms with van der Waals surface area (Å²) >= 11 is 0. The van der Waals surface area contributed by atoms with Crippen molar-refractivity contribution >= 4 is 5.71 Å². The summed E-state index contributed by atoms with van der Waals surface area (Å²) in [5.41, 5.74) is 2.26. The fraction of sp³-hybridized carbons (Fsp3) is 0.500. The molecule has 0 aliphatic heterocycles. The lowest BCUT2D eigenvalue weighted by atomic mass is 10.1. The van der Waals surface area contributed by atoms with Crippen molar-refractivity contribution in [2.75, 3.05) is 0 Å². The highest BCUT2D eigenvalue weighted by molar-refractivity contribution is 5.84. The highest BCUT2D eigenvalue weighted by Crippen LogP contribution is 1.99. The number of nitrogens with zero attached hydrogens (tertiary/aromatic N) is 1. The molecule has 0 aromatic rings. The summed E-state index contributed by atoms with van der Waals surface area (Å²) in [4.78, 5) is 4.28. The first-order chi connectivity index (χ1) is 5.07. The fourth-order valence-corrected chi connectivity index (χ4v) is 0.405. The number of hydrogen-bond acceptors (Lipinski definition) is 1. The van der Waals surface area contributed by atoms with Gasteiger partial charge in [-0.15, -0.1) is 0 Å². The van der Waals surface area contributed by atoms with E-state index in [2.05, 4.69) is 25.4 Å². The van der Waals surface area contributed by atoms with Gasteiger partial charge in [-0.2, -0.15) is 0 Å². The normalized spacial score (nSPS) is 13.9. The van der Waals surface area contributed by atoms with Crippen LogP contribution < -0.4 is 0 Å². The van der Waals surface area contributed by atoms with E-state index >= 15 is 0 Å². The minimum absolute atomic E-state index is 0.531. The van der Waals surface area contributed by atoms with Crippen molar-refractivity contribution in [3.05, 3.63) is 24.4 Å². The van der Waals surface area contributed by atoms with Crippen LogP contribution in [0.1, 0.15) is 27.7 Å². The second-order valence-corrected chi connectivity index (χ2v) is 3.00. The molecule has 0 saturated heterocycles. The smallest absolute Gasteiger partial charge is 0.0296 e. The van der Waals surface area contributed by atoms with Crippen molar-refractivity contribution in [2.45, 2.75) is 27.7 Å². The van der Waals surface area contributed by atoms with Gasteiger partial charge in [-0.1, -0.05) is 26.5 Å². The summed E-state index contributed by atoms with van der Waals surface area (Å²) in [7, 11) is 0. The summed E-state index contributed by atoms with van der Waals surface area (Å²) in [5, 5.41) is 0. The highest BCUT2D eigenvalue weighted by atomic mass is 14.7. The molecule has 0 heterocycles. The third-order valence-corrected chi connectivity index (χ3v) is 1.63. The van der Waals surface area contributed by atoms with Gasteiger partial charge in [0.25, 0.3) is 0 Å². The van der Waals surface area contributed by atoms with Crippen molar-refractivity contribution in [1.29, 1.82) is 0 Å². The quantitative estimate of drug-likeness (QED) is 0.434. The highest BCUT2D eigenvalue weighted by Gasteiger charge is 1.94. The molecule has 0 N–H and O–H groups in total. The standard InChI is InChI=1S/C10H17N/c1-6-9(4)7-11-10(5)8(2)3/h6-8H,1H2,2-5H3/b9-7-,11-10+. The molecule has 0 aliphatic rings. The first-order valence-corrected chi connectivity index (χ1v) is 3.91. The zero-order chi connectivity index (χ0) is 8.85. The Morgan fingerprint density at radius 3 is 2.27 bits per heavy atom. The van der Waals surface area contributed by atoms with Gasteiger partial charge < -0.3 is 0 Å². The van der Waals surface area contributed by atoms with Gasteiger partial charge >= 0.3 is 0 Å². The summed E-state index contributed by atoms with van der Waals surface area (Å²) < 4.78 is 0. The van der Waals surface area contributed by atoms with Crippen molar-refractivity contribution in [3.8, 4) is 0 Å². The number of allylic oxidation sites excluding steroid dienone is 2. The third-order valence-electron chi connectivity index (χ3n) is 1.63. The monoisotopic (exact) mass is 151 g/mol. The van der Waals surface area contributed by atoms with Gasteiger partial charge in [0, 0.05) is 11.9 Å². The Hall–Kier alpha value is -0.850. The largest absolute Gasteiger partial charge is 0.265 e. The van der Waals surface area contributed by atoms with Gasteiger partial charge in [0.2, 0.25) is 0 Å². The minimum atomic E-state index is 0.531. The van der Waals surface area contributed by atoms with E-state index in [-0.39, 0.29) is 0 Å². The Labute approximate surface area is 69.5 Å².